The average molecular weight is 433 g/mol. The van der Waals surface area contributed by atoms with Crippen LogP contribution in [0.3, 0.4) is 0 Å². The molecule has 0 spiro atoms. The molecule has 6 heteroatoms. The third-order valence-corrected chi connectivity index (χ3v) is 5.66. The van der Waals surface area contributed by atoms with E-state index >= 15 is 0 Å². The van der Waals surface area contributed by atoms with Crippen molar-refractivity contribution in [2.45, 2.75) is 33.4 Å². The number of aryl methyl sites for hydroxylation is 1. The second kappa shape index (κ2) is 11.0. The van der Waals surface area contributed by atoms with Crippen LogP contribution in [0, 0.1) is 12.8 Å². The number of benzene rings is 2. The minimum absolute atomic E-state index is 0.473. The van der Waals surface area contributed by atoms with E-state index in [9.17, 15) is 0 Å². The van der Waals surface area contributed by atoms with Gasteiger partial charge in [-0.15, -0.1) is 0 Å². The highest BCUT2D eigenvalue weighted by atomic mass is 16.5. The number of ether oxygens (including phenoxy) is 2. The van der Waals surface area contributed by atoms with E-state index in [1.54, 1.807) is 0 Å². The van der Waals surface area contributed by atoms with Gasteiger partial charge < -0.3 is 20.1 Å². The number of guanidine groups is 1. The Morgan fingerprint density at radius 2 is 2.06 bits per heavy atom. The van der Waals surface area contributed by atoms with Gasteiger partial charge in [0.1, 0.15) is 5.75 Å². The summed E-state index contributed by atoms with van der Waals surface area (Å²) in [6, 6.07) is 16.6. The van der Waals surface area contributed by atoms with Gasteiger partial charge in [-0.25, -0.2) is 4.99 Å². The maximum atomic E-state index is 6.17. The topological polar surface area (TPSA) is 67.8 Å². The molecule has 4 rings (SSSR count). The summed E-state index contributed by atoms with van der Waals surface area (Å²) >= 11 is 0. The Balaban J connectivity index is 1.44. The van der Waals surface area contributed by atoms with E-state index in [0.29, 0.717) is 25.6 Å². The second-order valence-electron chi connectivity index (χ2n) is 8.19. The van der Waals surface area contributed by atoms with Crippen molar-refractivity contribution in [1.29, 1.82) is 0 Å². The van der Waals surface area contributed by atoms with Crippen molar-refractivity contribution in [2.24, 2.45) is 10.9 Å². The number of nitrogens with zero attached hydrogens (tertiary/aromatic N) is 2. The maximum Gasteiger partial charge on any atom is 0.191 e. The summed E-state index contributed by atoms with van der Waals surface area (Å²) in [6.45, 7) is 8.49. The molecule has 2 aromatic carbocycles. The minimum atomic E-state index is 0.473. The summed E-state index contributed by atoms with van der Waals surface area (Å²) in [6.07, 6.45) is 2.92. The van der Waals surface area contributed by atoms with Gasteiger partial charge in [-0.1, -0.05) is 30.3 Å². The van der Waals surface area contributed by atoms with Crippen LogP contribution in [0.25, 0.3) is 10.9 Å². The lowest BCUT2D eigenvalue weighted by Gasteiger charge is -2.15. The first kappa shape index (κ1) is 22.1. The molecule has 1 unspecified atom stereocenters. The number of nitrogens with one attached hydrogen (secondary N) is 2. The molecule has 1 fully saturated rings. The molecular formula is C26H32N4O2. The maximum absolute atomic E-state index is 6.17. The lowest BCUT2D eigenvalue weighted by Crippen LogP contribution is -2.36. The van der Waals surface area contributed by atoms with E-state index in [-0.39, 0.29) is 0 Å². The number of aliphatic imine (C=N–C) groups is 1. The summed E-state index contributed by atoms with van der Waals surface area (Å²) < 4.78 is 11.6. The van der Waals surface area contributed by atoms with Crippen molar-refractivity contribution in [3.8, 4) is 5.75 Å². The molecule has 0 aliphatic carbocycles. The first-order chi connectivity index (χ1) is 15.7. The van der Waals surface area contributed by atoms with Gasteiger partial charge in [0.25, 0.3) is 0 Å². The molecule has 3 aromatic rings. The highest BCUT2D eigenvalue weighted by molar-refractivity contribution is 5.83. The fourth-order valence-corrected chi connectivity index (χ4v) is 3.84. The van der Waals surface area contributed by atoms with Crippen molar-refractivity contribution in [2.75, 3.05) is 26.4 Å². The fourth-order valence-electron chi connectivity index (χ4n) is 3.84. The molecule has 0 saturated carbocycles. The van der Waals surface area contributed by atoms with Crippen LogP contribution in [0.15, 0.2) is 59.7 Å². The molecule has 1 saturated heterocycles. The Labute approximate surface area is 190 Å². The van der Waals surface area contributed by atoms with Crippen LogP contribution in [0.1, 0.15) is 30.0 Å². The monoisotopic (exact) mass is 432 g/mol. The van der Waals surface area contributed by atoms with Crippen molar-refractivity contribution < 1.29 is 9.47 Å². The lowest BCUT2D eigenvalue weighted by atomic mass is 10.1. The summed E-state index contributed by atoms with van der Waals surface area (Å²) in [5.74, 6) is 2.17. The number of pyridine rings is 1. The molecule has 168 valence electrons. The Bertz CT molecular complexity index is 1060. The van der Waals surface area contributed by atoms with Gasteiger partial charge in [-0.2, -0.15) is 0 Å². The second-order valence-corrected chi connectivity index (χ2v) is 8.19. The Morgan fingerprint density at radius 3 is 2.91 bits per heavy atom. The van der Waals surface area contributed by atoms with Crippen molar-refractivity contribution in [3.63, 3.8) is 0 Å². The SMILES string of the molecule is CCNC(=NCc1ccc(C)cc1OCC1CCOC1)NCc1ccnc2ccccc12. The molecule has 32 heavy (non-hydrogen) atoms. The molecule has 2 N–H and O–H groups in total. The van der Waals surface area contributed by atoms with Crippen LogP contribution >= 0.6 is 0 Å². The van der Waals surface area contributed by atoms with Crippen LogP contribution in [-0.4, -0.2) is 37.3 Å². The van der Waals surface area contributed by atoms with E-state index in [1.807, 2.05) is 24.4 Å². The highest BCUT2D eigenvalue weighted by Gasteiger charge is 2.17. The quantitative estimate of drug-likeness (QED) is 0.412. The molecule has 0 bridgehead atoms. The molecule has 0 amide bonds. The number of hydrogen-bond donors (Lipinski definition) is 2. The van der Waals surface area contributed by atoms with E-state index in [0.717, 1.165) is 54.4 Å². The third kappa shape index (κ3) is 5.77. The van der Waals surface area contributed by atoms with Crippen LogP contribution in [-0.2, 0) is 17.8 Å². The zero-order chi connectivity index (χ0) is 22.2. The molecular weight excluding hydrogens is 400 g/mol. The summed E-state index contributed by atoms with van der Waals surface area (Å²) in [4.78, 5) is 9.27. The summed E-state index contributed by atoms with van der Waals surface area (Å²) in [5, 5.41) is 7.96. The predicted molar refractivity (Wildman–Crippen MR) is 129 cm³/mol. The van der Waals surface area contributed by atoms with Gasteiger partial charge >= 0.3 is 0 Å². The molecule has 1 aromatic heterocycles. The van der Waals surface area contributed by atoms with Crippen molar-refractivity contribution in [1.82, 2.24) is 15.6 Å². The highest BCUT2D eigenvalue weighted by Crippen LogP contribution is 2.23. The van der Waals surface area contributed by atoms with Gasteiger partial charge in [0.2, 0.25) is 0 Å². The van der Waals surface area contributed by atoms with E-state index in [2.05, 4.69) is 59.8 Å². The van der Waals surface area contributed by atoms with Gasteiger partial charge in [0, 0.05) is 42.8 Å². The number of hydrogen-bond acceptors (Lipinski definition) is 4. The number of rotatable bonds is 8. The summed E-state index contributed by atoms with van der Waals surface area (Å²) in [7, 11) is 0. The zero-order valence-electron chi connectivity index (χ0n) is 18.9. The number of fused-ring (bicyclic) bond motifs is 1. The van der Waals surface area contributed by atoms with Gasteiger partial charge in [0.05, 0.1) is 25.3 Å². The van der Waals surface area contributed by atoms with Crippen molar-refractivity contribution >= 4 is 16.9 Å². The van der Waals surface area contributed by atoms with Crippen LogP contribution in [0.4, 0.5) is 0 Å². The Morgan fingerprint density at radius 1 is 1.16 bits per heavy atom. The smallest absolute Gasteiger partial charge is 0.191 e. The van der Waals surface area contributed by atoms with E-state index in [4.69, 9.17) is 14.5 Å². The molecule has 1 aliphatic heterocycles. The Hall–Kier alpha value is -3.12. The molecule has 1 atom stereocenters. The predicted octanol–water partition coefficient (Wildman–Crippen LogP) is 4.21. The normalized spacial score (nSPS) is 16.3. The summed E-state index contributed by atoms with van der Waals surface area (Å²) in [5.41, 5.74) is 4.47. The average Bonchev–Trinajstić information content (AvgIpc) is 3.34. The van der Waals surface area contributed by atoms with E-state index < -0.39 is 0 Å². The molecule has 2 heterocycles. The van der Waals surface area contributed by atoms with Gasteiger partial charge in [-0.05, 0) is 49.6 Å². The zero-order valence-corrected chi connectivity index (χ0v) is 18.9. The van der Waals surface area contributed by atoms with Crippen LogP contribution in [0.2, 0.25) is 0 Å². The standard InChI is InChI=1S/C26H32N4O2/c1-3-27-26(29-15-21-10-12-28-24-7-5-4-6-23(21)24)30-16-22-9-8-19(2)14-25(22)32-18-20-11-13-31-17-20/h4-10,12,14,20H,3,11,13,15-18H2,1-2H3,(H2,27,29,30). The van der Waals surface area contributed by atoms with Crippen molar-refractivity contribution in [3.05, 3.63) is 71.4 Å². The van der Waals surface area contributed by atoms with Crippen LogP contribution < -0.4 is 15.4 Å². The molecule has 1 aliphatic rings. The minimum Gasteiger partial charge on any atom is -0.493 e. The molecule has 6 nitrogen and oxygen atoms in total. The van der Waals surface area contributed by atoms with Crippen LogP contribution in [0.5, 0.6) is 5.75 Å². The first-order valence-electron chi connectivity index (χ1n) is 11.4. The largest absolute Gasteiger partial charge is 0.493 e. The molecule has 0 radical (unpaired) electrons. The number of aromatic nitrogens is 1. The number of para-hydroxylation sites is 1. The van der Waals surface area contributed by atoms with E-state index in [1.165, 1.54) is 11.1 Å². The fraction of sp³-hybridized carbons (Fsp3) is 0.385. The Kier molecular flexibility index (Phi) is 7.56. The first-order valence-corrected chi connectivity index (χ1v) is 11.4. The van der Waals surface area contributed by atoms with Gasteiger partial charge in [-0.3, -0.25) is 4.98 Å². The third-order valence-electron chi connectivity index (χ3n) is 5.66. The van der Waals surface area contributed by atoms with Gasteiger partial charge in [0.15, 0.2) is 5.96 Å². The lowest BCUT2D eigenvalue weighted by molar-refractivity contribution is 0.166.